The number of nitrogens with zero attached hydrogens (tertiary/aromatic N) is 4. The van der Waals surface area contributed by atoms with E-state index >= 15 is 0 Å². The molecule has 2 aromatic carbocycles. The Hall–Kier alpha value is -3.31. The lowest BCUT2D eigenvalue weighted by Gasteiger charge is -2.25. The lowest BCUT2D eigenvalue weighted by atomic mass is 10.2. The Morgan fingerprint density at radius 1 is 1.07 bits per heavy atom. The summed E-state index contributed by atoms with van der Waals surface area (Å²) < 4.78 is 37.8. The van der Waals surface area contributed by atoms with E-state index in [2.05, 4.69) is 10.2 Å². The fourth-order valence-corrected chi connectivity index (χ4v) is 4.77. The summed E-state index contributed by atoms with van der Waals surface area (Å²) in [5, 5.41) is 19.0. The van der Waals surface area contributed by atoms with Gasteiger partial charge in [-0.05, 0) is 49.2 Å². The molecular formula is C19H18N4O6S. The number of rotatable bonds is 6. The van der Waals surface area contributed by atoms with Crippen molar-refractivity contribution in [3.8, 4) is 23.0 Å². The Balaban J connectivity index is 1.60. The van der Waals surface area contributed by atoms with Crippen LogP contribution in [0.4, 0.5) is 5.69 Å². The topological polar surface area (TPSA) is 129 Å². The molecule has 2 heterocycles. The van der Waals surface area contributed by atoms with Crippen molar-refractivity contribution in [2.75, 3.05) is 13.1 Å². The molecule has 0 saturated carbocycles. The monoisotopic (exact) mass is 430 g/mol. The molecule has 0 radical (unpaired) electrons. The maximum atomic E-state index is 12.8. The first-order valence-corrected chi connectivity index (χ1v) is 10.7. The molecule has 11 heteroatoms. The van der Waals surface area contributed by atoms with Crippen molar-refractivity contribution in [2.45, 2.75) is 24.2 Å². The zero-order chi connectivity index (χ0) is 21.1. The quantitative estimate of drug-likeness (QED) is 0.428. The average Bonchev–Trinajstić information content (AvgIpc) is 3.30. The van der Waals surface area contributed by atoms with Crippen LogP contribution in [0.25, 0.3) is 11.5 Å². The van der Waals surface area contributed by atoms with Gasteiger partial charge >= 0.3 is 5.69 Å². The summed E-state index contributed by atoms with van der Waals surface area (Å²) in [4.78, 5) is 10.8. The van der Waals surface area contributed by atoms with Crippen LogP contribution >= 0.6 is 0 Å². The molecule has 1 fully saturated rings. The van der Waals surface area contributed by atoms with Crippen LogP contribution in [0, 0.1) is 10.1 Å². The molecule has 1 saturated heterocycles. The molecule has 0 N–H and O–H groups in total. The SMILES string of the molecule is O=[N+]([O-])c1cc(S(=O)(=O)N2CCCCC2)ccc1Oc1ccc(-c2nnco2)cc1. The maximum absolute atomic E-state index is 12.8. The van der Waals surface area contributed by atoms with Crippen LogP contribution in [-0.2, 0) is 10.0 Å². The second kappa shape index (κ2) is 8.20. The van der Waals surface area contributed by atoms with E-state index in [1.807, 2.05) is 0 Å². The van der Waals surface area contributed by atoms with Crippen molar-refractivity contribution in [1.29, 1.82) is 0 Å². The molecule has 30 heavy (non-hydrogen) atoms. The molecule has 1 aliphatic rings. The Morgan fingerprint density at radius 2 is 1.80 bits per heavy atom. The van der Waals surface area contributed by atoms with E-state index < -0.39 is 20.6 Å². The van der Waals surface area contributed by atoms with Crippen LogP contribution < -0.4 is 4.74 Å². The maximum Gasteiger partial charge on any atom is 0.312 e. The van der Waals surface area contributed by atoms with Gasteiger partial charge in [-0.25, -0.2) is 8.42 Å². The smallest absolute Gasteiger partial charge is 0.312 e. The van der Waals surface area contributed by atoms with E-state index in [1.54, 1.807) is 24.3 Å². The van der Waals surface area contributed by atoms with Crippen LogP contribution in [0.1, 0.15) is 19.3 Å². The Morgan fingerprint density at radius 3 is 2.43 bits per heavy atom. The Kier molecular flexibility index (Phi) is 5.46. The van der Waals surface area contributed by atoms with Gasteiger partial charge in [-0.1, -0.05) is 6.42 Å². The van der Waals surface area contributed by atoms with Gasteiger partial charge in [-0.2, -0.15) is 4.31 Å². The molecule has 0 bridgehead atoms. The van der Waals surface area contributed by atoms with E-state index in [0.29, 0.717) is 30.3 Å². The molecule has 3 aromatic rings. The van der Waals surface area contributed by atoms with Crippen LogP contribution in [0.2, 0.25) is 0 Å². The van der Waals surface area contributed by atoms with Crippen LogP contribution in [-0.4, -0.2) is 40.9 Å². The van der Waals surface area contributed by atoms with Gasteiger partial charge in [0.2, 0.25) is 28.1 Å². The molecule has 156 valence electrons. The predicted molar refractivity (Wildman–Crippen MR) is 106 cm³/mol. The predicted octanol–water partition coefficient (Wildman–Crippen LogP) is 3.61. The minimum absolute atomic E-state index is 0.0527. The average molecular weight is 430 g/mol. The fourth-order valence-electron chi connectivity index (χ4n) is 3.23. The summed E-state index contributed by atoms with van der Waals surface area (Å²) in [6, 6.07) is 10.2. The first-order valence-electron chi connectivity index (χ1n) is 9.28. The number of hydrogen-bond donors (Lipinski definition) is 0. The molecule has 0 amide bonds. The number of benzene rings is 2. The van der Waals surface area contributed by atoms with Gasteiger partial charge in [-0.15, -0.1) is 10.2 Å². The summed E-state index contributed by atoms with van der Waals surface area (Å²) in [6.45, 7) is 0.835. The second-order valence-corrected chi connectivity index (χ2v) is 8.66. The van der Waals surface area contributed by atoms with Gasteiger partial charge in [0.1, 0.15) is 5.75 Å². The molecule has 4 rings (SSSR count). The van der Waals surface area contributed by atoms with E-state index in [-0.39, 0.29) is 10.6 Å². The molecule has 1 aliphatic heterocycles. The Bertz CT molecular complexity index is 1140. The van der Waals surface area contributed by atoms with Gasteiger partial charge in [0.25, 0.3) is 0 Å². The first kappa shape index (κ1) is 20.0. The number of piperidine rings is 1. The number of hydrogen-bond acceptors (Lipinski definition) is 8. The van der Waals surface area contributed by atoms with E-state index in [1.165, 1.54) is 22.8 Å². The fraction of sp³-hybridized carbons (Fsp3) is 0.263. The van der Waals surface area contributed by atoms with Gasteiger partial charge in [0.05, 0.1) is 9.82 Å². The van der Waals surface area contributed by atoms with Crippen molar-refractivity contribution in [2.24, 2.45) is 0 Å². The lowest BCUT2D eigenvalue weighted by Crippen LogP contribution is -2.35. The molecular weight excluding hydrogens is 412 g/mol. The summed E-state index contributed by atoms with van der Waals surface area (Å²) in [5.74, 6) is 0.621. The molecule has 1 aromatic heterocycles. The minimum atomic E-state index is -3.79. The second-order valence-electron chi connectivity index (χ2n) is 6.72. The highest BCUT2D eigenvalue weighted by Gasteiger charge is 2.29. The summed E-state index contributed by atoms with van der Waals surface area (Å²) in [7, 11) is -3.79. The van der Waals surface area contributed by atoms with E-state index in [4.69, 9.17) is 9.15 Å². The third-order valence-electron chi connectivity index (χ3n) is 4.77. The summed E-state index contributed by atoms with van der Waals surface area (Å²) in [6.07, 6.45) is 3.75. The highest BCUT2D eigenvalue weighted by atomic mass is 32.2. The van der Waals surface area contributed by atoms with Crippen LogP contribution in [0.15, 0.2) is 58.2 Å². The van der Waals surface area contributed by atoms with Crippen molar-refractivity contribution in [3.05, 3.63) is 59.0 Å². The van der Waals surface area contributed by atoms with Crippen molar-refractivity contribution in [3.63, 3.8) is 0 Å². The van der Waals surface area contributed by atoms with E-state index in [0.717, 1.165) is 25.3 Å². The van der Waals surface area contributed by atoms with Gasteiger partial charge < -0.3 is 9.15 Å². The van der Waals surface area contributed by atoms with E-state index in [9.17, 15) is 18.5 Å². The zero-order valence-electron chi connectivity index (χ0n) is 15.8. The lowest BCUT2D eigenvalue weighted by molar-refractivity contribution is -0.385. The van der Waals surface area contributed by atoms with Crippen molar-refractivity contribution in [1.82, 2.24) is 14.5 Å². The highest BCUT2D eigenvalue weighted by Crippen LogP contribution is 2.35. The first-order chi connectivity index (χ1) is 14.4. The number of nitro benzene ring substituents is 1. The van der Waals surface area contributed by atoms with Crippen LogP contribution in [0.5, 0.6) is 11.5 Å². The molecule has 0 atom stereocenters. The minimum Gasteiger partial charge on any atom is -0.450 e. The van der Waals surface area contributed by atoms with Crippen LogP contribution in [0.3, 0.4) is 0 Å². The number of aromatic nitrogens is 2. The normalized spacial score (nSPS) is 15.1. The molecule has 0 spiro atoms. The summed E-state index contributed by atoms with van der Waals surface area (Å²) in [5.41, 5.74) is 0.242. The molecule has 0 aliphatic carbocycles. The van der Waals surface area contributed by atoms with Gasteiger partial charge in [0.15, 0.2) is 0 Å². The number of ether oxygens (including phenoxy) is 1. The standard InChI is InChI=1S/C19H18N4O6S/c24-23(25)17-12-16(30(26,27)22-10-2-1-3-11-22)8-9-18(17)29-15-6-4-14(5-7-15)19-21-20-13-28-19/h4-9,12-13H,1-3,10-11H2. The third-order valence-corrected chi connectivity index (χ3v) is 6.66. The Labute approximate surface area is 172 Å². The zero-order valence-corrected chi connectivity index (χ0v) is 16.6. The number of nitro groups is 1. The number of sulfonamides is 1. The van der Waals surface area contributed by atoms with Gasteiger partial charge in [0, 0.05) is 24.7 Å². The largest absolute Gasteiger partial charge is 0.450 e. The highest BCUT2D eigenvalue weighted by molar-refractivity contribution is 7.89. The molecule has 10 nitrogen and oxygen atoms in total. The van der Waals surface area contributed by atoms with Gasteiger partial charge in [-0.3, -0.25) is 10.1 Å². The summed E-state index contributed by atoms with van der Waals surface area (Å²) >= 11 is 0. The third kappa shape index (κ3) is 4.02. The molecule has 0 unspecified atom stereocenters. The van der Waals surface area contributed by atoms with Crippen molar-refractivity contribution >= 4 is 15.7 Å². The van der Waals surface area contributed by atoms with Crippen molar-refractivity contribution < 1.29 is 22.5 Å².